The van der Waals surface area contributed by atoms with Crippen LogP contribution >= 0.6 is 0 Å². The summed E-state index contributed by atoms with van der Waals surface area (Å²) in [5, 5.41) is 13.4. The van der Waals surface area contributed by atoms with Crippen molar-refractivity contribution in [3.8, 4) is 0 Å². The molecule has 1 heterocycles. The molecule has 0 saturated carbocycles. The van der Waals surface area contributed by atoms with Gasteiger partial charge in [-0.15, -0.1) is 0 Å². The van der Waals surface area contributed by atoms with Gasteiger partial charge in [0.25, 0.3) is 15.7 Å². The molecule has 0 radical (unpaired) electrons. The lowest BCUT2D eigenvalue weighted by molar-refractivity contribution is -0.384. The Bertz CT molecular complexity index is 943. The number of carbonyl (C=O) groups excluding carboxylic acids is 1. The number of piperazine rings is 1. The van der Waals surface area contributed by atoms with E-state index in [1.54, 1.807) is 29.2 Å². The predicted octanol–water partition coefficient (Wildman–Crippen LogP) is 1.33. The second-order valence-corrected chi connectivity index (χ2v) is 7.33. The first-order valence-corrected chi connectivity index (χ1v) is 9.23. The highest BCUT2D eigenvalue weighted by atomic mass is 32.2. The zero-order valence-electron chi connectivity index (χ0n) is 13.6. The van der Waals surface area contributed by atoms with E-state index in [2.05, 4.69) is 10.0 Å². The number of hydrogen-bond donors (Lipinski definition) is 2. The van der Waals surface area contributed by atoms with E-state index >= 15 is 0 Å². The summed E-state index contributed by atoms with van der Waals surface area (Å²) in [6, 6.07) is 11.4. The van der Waals surface area contributed by atoms with Crippen molar-refractivity contribution in [2.75, 3.05) is 29.3 Å². The first-order valence-electron chi connectivity index (χ1n) is 7.75. The van der Waals surface area contributed by atoms with E-state index in [9.17, 15) is 23.3 Å². The maximum atomic E-state index is 12.6. The molecule has 0 aliphatic carbocycles. The maximum Gasteiger partial charge on any atom is 0.269 e. The summed E-state index contributed by atoms with van der Waals surface area (Å²) in [5.41, 5.74) is 0.733. The molecule has 26 heavy (non-hydrogen) atoms. The van der Waals surface area contributed by atoms with Crippen LogP contribution in [-0.4, -0.2) is 38.9 Å². The van der Waals surface area contributed by atoms with Crippen molar-refractivity contribution in [1.82, 2.24) is 5.32 Å². The van der Waals surface area contributed by atoms with E-state index in [-0.39, 0.29) is 23.0 Å². The number of sulfonamides is 1. The number of nitrogens with one attached hydrogen (secondary N) is 2. The molecule has 136 valence electrons. The number of rotatable bonds is 5. The number of non-ortho nitro benzene ring substituents is 1. The zero-order chi connectivity index (χ0) is 18.7. The lowest BCUT2D eigenvalue weighted by Crippen LogP contribution is -2.47. The van der Waals surface area contributed by atoms with E-state index < -0.39 is 14.9 Å². The number of hydrogen-bond acceptors (Lipinski definition) is 6. The number of nitrogens with zero attached hydrogens (tertiary/aromatic N) is 2. The third kappa shape index (κ3) is 3.75. The van der Waals surface area contributed by atoms with Crippen LogP contribution in [-0.2, 0) is 14.8 Å². The van der Waals surface area contributed by atoms with Crippen LogP contribution in [0.1, 0.15) is 0 Å². The summed E-state index contributed by atoms with van der Waals surface area (Å²) >= 11 is 0. The maximum absolute atomic E-state index is 12.6. The highest BCUT2D eigenvalue weighted by Gasteiger charge is 2.22. The van der Waals surface area contributed by atoms with Gasteiger partial charge in [0.05, 0.1) is 27.7 Å². The average molecular weight is 376 g/mol. The van der Waals surface area contributed by atoms with Gasteiger partial charge in [0.15, 0.2) is 0 Å². The molecule has 0 atom stereocenters. The van der Waals surface area contributed by atoms with Crippen LogP contribution in [0, 0.1) is 10.1 Å². The number of carbonyl (C=O) groups is 1. The Morgan fingerprint density at radius 3 is 2.46 bits per heavy atom. The Balaban J connectivity index is 1.88. The van der Waals surface area contributed by atoms with Gasteiger partial charge in [-0.2, -0.15) is 0 Å². The second kappa shape index (κ2) is 7.00. The number of nitro benzene ring substituents is 1. The van der Waals surface area contributed by atoms with E-state index in [1.807, 2.05) is 0 Å². The van der Waals surface area contributed by atoms with Gasteiger partial charge in [-0.25, -0.2) is 8.42 Å². The van der Waals surface area contributed by atoms with Crippen LogP contribution in [0.3, 0.4) is 0 Å². The Morgan fingerprint density at radius 2 is 1.81 bits per heavy atom. The Morgan fingerprint density at radius 1 is 1.12 bits per heavy atom. The molecule has 2 N–H and O–H groups in total. The minimum Gasteiger partial charge on any atom is -0.359 e. The van der Waals surface area contributed by atoms with Gasteiger partial charge in [0.1, 0.15) is 0 Å². The Kier molecular flexibility index (Phi) is 4.76. The molecule has 1 saturated heterocycles. The average Bonchev–Trinajstić information content (AvgIpc) is 2.62. The number of amides is 1. The summed E-state index contributed by atoms with van der Waals surface area (Å²) in [4.78, 5) is 23.4. The predicted molar refractivity (Wildman–Crippen MR) is 95.6 cm³/mol. The summed E-state index contributed by atoms with van der Waals surface area (Å²) in [6.07, 6.45) is 0. The van der Waals surface area contributed by atoms with Crippen molar-refractivity contribution in [2.45, 2.75) is 4.90 Å². The van der Waals surface area contributed by atoms with Crippen LogP contribution in [0.5, 0.6) is 0 Å². The lowest BCUT2D eigenvalue weighted by Gasteiger charge is -2.30. The van der Waals surface area contributed by atoms with Crippen molar-refractivity contribution < 1.29 is 18.1 Å². The summed E-state index contributed by atoms with van der Waals surface area (Å²) in [6.45, 7) is 1.17. The molecular formula is C16H16N4O5S. The molecule has 0 unspecified atom stereocenters. The molecule has 1 amide bonds. The largest absolute Gasteiger partial charge is 0.359 e. The molecule has 0 bridgehead atoms. The molecule has 3 rings (SSSR count). The smallest absolute Gasteiger partial charge is 0.269 e. The SMILES string of the molecule is O=C1CN(c2ccccc2NS(=O)(=O)c2ccc([N+](=O)[O-])cc2)CCN1. The highest BCUT2D eigenvalue weighted by molar-refractivity contribution is 7.92. The molecule has 1 aliphatic rings. The fourth-order valence-electron chi connectivity index (χ4n) is 2.63. The molecule has 0 aromatic heterocycles. The van der Waals surface area contributed by atoms with E-state index in [1.165, 1.54) is 12.1 Å². The van der Waals surface area contributed by atoms with Gasteiger partial charge >= 0.3 is 0 Å². The molecule has 9 nitrogen and oxygen atoms in total. The summed E-state index contributed by atoms with van der Waals surface area (Å²) < 4.78 is 27.7. The second-order valence-electron chi connectivity index (χ2n) is 5.65. The van der Waals surface area contributed by atoms with Gasteiger partial charge in [0.2, 0.25) is 5.91 Å². The molecule has 2 aromatic carbocycles. The fraction of sp³-hybridized carbons (Fsp3) is 0.188. The molecule has 1 aliphatic heterocycles. The Labute approximate surface area is 149 Å². The summed E-state index contributed by atoms with van der Waals surface area (Å²) in [7, 11) is -3.93. The third-order valence-corrected chi connectivity index (χ3v) is 5.27. The number of anilines is 2. The first-order chi connectivity index (χ1) is 12.4. The van der Waals surface area contributed by atoms with Crippen molar-refractivity contribution in [2.24, 2.45) is 0 Å². The van der Waals surface area contributed by atoms with Crippen molar-refractivity contribution in [1.29, 1.82) is 0 Å². The minimum atomic E-state index is -3.93. The van der Waals surface area contributed by atoms with Gasteiger partial charge in [-0.3, -0.25) is 19.6 Å². The summed E-state index contributed by atoms with van der Waals surface area (Å²) in [5.74, 6) is -0.135. The molecule has 0 spiro atoms. The molecular weight excluding hydrogens is 360 g/mol. The number of nitro groups is 1. The first kappa shape index (κ1) is 17.7. The van der Waals surface area contributed by atoms with Crippen LogP contribution in [0.2, 0.25) is 0 Å². The Hall–Kier alpha value is -3.14. The monoisotopic (exact) mass is 376 g/mol. The highest BCUT2D eigenvalue weighted by Crippen LogP contribution is 2.28. The van der Waals surface area contributed by atoms with E-state index in [4.69, 9.17) is 0 Å². The van der Waals surface area contributed by atoms with Crippen LogP contribution in [0.15, 0.2) is 53.4 Å². The zero-order valence-corrected chi connectivity index (χ0v) is 14.4. The number of para-hydroxylation sites is 2. The van der Waals surface area contributed by atoms with Gasteiger partial charge in [0, 0.05) is 25.2 Å². The molecule has 1 fully saturated rings. The van der Waals surface area contributed by atoms with Gasteiger partial charge in [-0.05, 0) is 24.3 Å². The van der Waals surface area contributed by atoms with Gasteiger partial charge in [-0.1, -0.05) is 12.1 Å². The van der Waals surface area contributed by atoms with E-state index in [0.29, 0.717) is 24.5 Å². The fourth-order valence-corrected chi connectivity index (χ4v) is 3.70. The molecule has 2 aromatic rings. The minimum absolute atomic E-state index is 0.0886. The molecule has 10 heteroatoms. The van der Waals surface area contributed by atoms with Crippen LogP contribution < -0.4 is 14.9 Å². The number of benzene rings is 2. The normalized spacial score (nSPS) is 14.6. The van der Waals surface area contributed by atoms with Crippen LogP contribution in [0.4, 0.5) is 17.1 Å². The van der Waals surface area contributed by atoms with Crippen LogP contribution in [0.25, 0.3) is 0 Å². The topological polar surface area (TPSA) is 122 Å². The quantitative estimate of drug-likeness (QED) is 0.600. The van der Waals surface area contributed by atoms with E-state index in [0.717, 1.165) is 12.1 Å². The third-order valence-electron chi connectivity index (χ3n) is 3.89. The van der Waals surface area contributed by atoms with Crippen molar-refractivity contribution >= 4 is 33.0 Å². The lowest BCUT2D eigenvalue weighted by atomic mass is 10.2. The standard InChI is InChI=1S/C16H16N4O5S/c21-16-11-19(10-9-17-16)15-4-2-1-3-14(15)18-26(24,25)13-7-5-12(6-8-13)20(22)23/h1-8,18H,9-11H2,(H,17,21). The van der Waals surface area contributed by atoms with Crippen molar-refractivity contribution in [3.63, 3.8) is 0 Å². The van der Waals surface area contributed by atoms with Crippen molar-refractivity contribution in [3.05, 3.63) is 58.6 Å². The van der Waals surface area contributed by atoms with Gasteiger partial charge < -0.3 is 10.2 Å².